The van der Waals surface area contributed by atoms with Crippen molar-refractivity contribution in [3.05, 3.63) is 33.9 Å². The van der Waals surface area contributed by atoms with Crippen molar-refractivity contribution in [2.75, 3.05) is 32.2 Å². The molecule has 0 aromatic heterocycles. The summed E-state index contributed by atoms with van der Waals surface area (Å²) in [5, 5.41) is 14.0. The lowest BCUT2D eigenvalue weighted by molar-refractivity contribution is -0.384. The summed E-state index contributed by atoms with van der Waals surface area (Å²) in [7, 11) is 1.27. The van der Waals surface area contributed by atoms with Gasteiger partial charge in [0.15, 0.2) is 0 Å². The van der Waals surface area contributed by atoms with Crippen LogP contribution in [0.15, 0.2) is 18.2 Å². The number of hydrogen-bond donors (Lipinski definition) is 1. The lowest BCUT2D eigenvalue weighted by Gasteiger charge is -2.11. The highest BCUT2D eigenvalue weighted by Crippen LogP contribution is 2.26. The largest absolute Gasteiger partial charge is 0.465 e. The topological polar surface area (TPSA) is 90.7 Å². The van der Waals surface area contributed by atoms with Crippen LogP contribution in [0.2, 0.25) is 0 Å². The molecular formula is C13H16N2O5. The van der Waals surface area contributed by atoms with Crippen LogP contribution in [0.5, 0.6) is 0 Å². The third kappa shape index (κ3) is 3.24. The Morgan fingerprint density at radius 1 is 1.60 bits per heavy atom. The van der Waals surface area contributed by atoms with Crippen LogP contribution in [0.4, 0.5) is 11.4 Å². The summed E-state index contributed by atoms with van der Waals surface area (Å²) < 4.78 is 9.87. The van der Waals surface area contributed by atoms with E-state index in [9.17, 15) is 14.9 Å². The maximum atomic E-state index is 11.5. The van der Waals surface area contributed by atoms with E-state index in [4.69, 9.17) is 4.74 Å². The molecule has 0 saturated carbocycles. The first kappa shape index (κ1) is 14.3. The van der Waals surface area contributed by atoms with Gasteiger partial charge in [-0.1, -0.05) is 0 Å². The van der Waals surface area contributed by atoms with Crippen LogP contribution >= 0.6 is 0 Å². The summed E-state index contributed by atoms with van der Waals surface area (Å²) in [5.74, 6) is -0.191. The molecule has 0 aliphatic carbocycles. The lowest BCUT2D eigenvalue weighted by Crippen LogP contribution is -2.15. The number of methoxy groups -OCH3 is 1. The molecule has 108 valence electrons. The van der Waals surface area contributed by atoms with Crippen molar-refractivity contribution in [2.24, 2.45) is 5.92 Å². The van der Waals surface area contributed by atoms with E-state index in [-0.39, 0.29) is 11.3 Å². The van der Waals surface area contributed by atoms with Gasteiger partial charge in [0.25, 0.3) is 5.69 Å². The zero-order valence-electron chi connectivity index (χ0n) is 11.1. The van der Waals surface area contributed by atoms with Crippen molar-refractivity contribution in [1.29, 1.82) is 0 Å². The highest BCUT2D eigenvalue weighted by Gasteiger charge is 2.20. The monoisotopic (exact) mass is 280 g/mol. The lowest BCUT2D eigenvalue weighted by atomic mass is 10.1. The van der Waals surface area contributed by atoms with Crippen LogP contribution in [-0.4, -0.2) is 37.8 Å². The number of benzene rings is 1. The van der Waals surface area contributed by atoms with Crippen molar-refractivity contribution in [3.8, 4) is 0 Å². The van der Waals surface area contributed by atoms with Crippen molar-refractivity contribution >= 4 is 17.3 Å². The van der Waals surface area contributed by atoms with E-state index < -0.39 is 10.9 Å². The molecule has 1 aromatic rings. The van der Waals surface area contributed by atoms with Crippen LogP contribution in [-0.2, 0) is 9.47 Å². The number of rotatable bonds is 5. The van der Waals surface area contributed by atoms with Gasteiger partial charge >= 0.3 is 5.97 Å². The summed E-state index contributed by atoms with van der Waals surface area (Å²) >= 11 is 0. The van der Waals surface area contributed by atoms with Crippen LogP contribution < -0.4 is 5.32 Å². The molecule has 1 fully saturated rings. The Bertz CT molecular complexity index is 511. The van der Waals surface area contributed by atoms with Gasteiger partial charge < -0.3 is 14.8 Å². The van der Waals surface area contributed by atoms with Crippen LogP contribution in [0.3, 0.4) is 0 Å². The second-order valence-corrected chi connectivity index (χ2v) is 4.59. The maximum absolute atomic E-state index is 11.5. The van der Waals surface area contributed by atoms with E-state index in [0.717, 1.165) is 13.0 Å². The molecule has 0 amide bonds. The van der Waals surface area contributed by atoms with Crippen LogP contribution in [0.25, 0.3) is 0 Å². The van der Waals surface area contributed by atoms with Gasteiger partial charge in [-0.15, -0.1) is 0 Å². The quantitative estimate of drug-likeness (QED) is 0.502. The minimum absolute atomic E-state index is 0.0587. The first-order valence-electron chi connectivity index (χ1n) is 6.30. The van der Waals surface area contributed by atoms with E-state index in [1.54, 1.807) is 0 Å². The van der Waals surface area contributed by atoms with Gasteiger partial charge in [0.1, 0.15) is 5.69 Å². The van der Waals surface area contributed by atoms with E-state index in [2.05, 4.69) is 10.1 Å². The van der Waals surface area contributed by atoms with Gasteiger partial charge in [0.2, 0.25) is 0 Å². The number of anilines is 1. The number of esters is 1. The molecule has 1 saturated heterocycles. The molecule has 0 spiro atoms. The molecule has 0 bridgehead atoms. The van der Waals surface area contributed by atoms with E-state index in [1.165, 1.54) is 25.3 Å². The molecule has 2 rings (SSSR count). The van der Waals surface area contributed by atoms with Crippen LogP contribution in [0, 0.1) is 16.0 Å². The highest BCUT2D eigenvalue weighted by molar-refractivity contribution is 5.91. The molecule has 0 unspecified atom stereocenters. The third-order valence-electron chi connectivity index (χ3n) is 3.22. The van der Waals surface area contributed by atoms with Crippen molar-refractivity contribution in [3.63, 3.8) is 0 Å². The second kappa shape index (κ2) is 6.33. The zero-order chi connectivity index (χ0) is 14.5. The van der Waals surface area contributed by atoms with Gasteiger partial charge in [-0.25, -0.2) is 4.79 Å². The molecular weight excluding hydrogens is 264 g/mol. The van der Waals surface area contributed by atoms with Gasteiger partial charge in [-0.3, -0.25) is 10.1 Å². The Labute approximate surface area is 116 Å². The average Bonchev–Trinajstić information content (AvgIpc) is 2.97. The summed E-state index contributed by atoms with van der Waals surface area (Å²) in [6.45, 7) is 1.94. The van der Waals surface area contributed by atoms with E-state index in [1.807, 2.05) is 0 Å². The Morgan fingerprint density at radius 3 is 3.00 bits per heavy atom. The van der Waals surface area contributed by atoms with Gasteiger partial charge in [-0.2, -0.15) is 0 Å². The fourth-order valence-electron chi connectivity index (χ4n) is 2.08. The Morgan fingerprint density at radius 2 is 2.40 bits per heavy atom. The first-order chi connectivity index (χ1) is 9.61. The number of nitro benzene ring substituents is 1. The van der Waals surface area contributed by atoms with Gasteiger partial charge in [0, 0.05) is 25.1 Å². The van der Waals surface area contributed by atoms with Gasteiger partial charge in [0.05, 0.1) is 24.2 Å². The van der Waals surface area contributed by atoms with Crippen molar-refractivity contribution in [2.45, 2.75) is 6.42 Å². The van der Waals surface area contributed by atoms with Crippen molar-refractivity contribution < 1.29 is 19.2 Å². The number of carbonyl (C=O) groups is 1. The normalized spacial score (nSPS) is 17.8. The average molecular weight is 280 g/mol. The molecule has 7 heteroatoms. The number of carbonyl (C=O) groups excluding carboxylic acids is 1. The number of nitrogens with zero attached hydrogens (tertiary/aromatic N) is 1. The standard InChI is InChI=1S/C13H16N2O5/c1-19-13(16)10-2-3-12(15(17)18)11(6-10)14-7-9-4-5-20-8-9/h2-3,6,9,14H,4-5,7-8H2,1H3/t9-/m0/s1. The number of nitrogens with one attached hydrogen (secondary N) is 1. The molecule has 1 aromatic carbocycles. The first-order valence-corrected chi connectivity index (χ1v) is 6.30. The molecule has 1 aliphatic heterocycles. The predicted molar refractivity (Wildman–Crippen MR) is 71.9 cm³/mol. The smallest absolute Gasteiger partial charge is 0.337 e. The summed E-state index contributed by atoms with van der Waals surface area (Å²) in [6.07, 6.45) is 0.928. The summed E-state index contributed by atoms with van der Waals surface area (Å²) in [6, 6.07) is 4.13. The Kier molecular flexibility index (Phi) is 4.52. The Hall–Kier alpha value is -2.15. The predicted octanol–water partition coefficient (Wildman–Crippen LogP) is 1.83. The molecule has 1 aliphatic rings. The van der Waals surface area contributed by atoms with Crippen LogP contribution in [0.1, 0.15) is 16.8 Å². The second-order valence-electron chi connectivity index (χ2n) is 4.59. The third-order valence-corrected chi connectivity index (χ3v) is 3.22. The highest BCUT2D eigenvalue weighted by atomic mass is 16.6. The SMILES string of the molecule is COC(=O)c1ccc([N+](=O)[O-])c(NC[C@@H]2CCOC2)c1. The molecule has 1 heterocycles. The molecule has 7 nitrogen and oxygen atoms in total. The number of ether oxygens (including phenoxy) is 2. The maximum Gasteiger partial charge on any atom is 0.337 e. The van der Waals surface area contributed by atoms with E-state index in [0.29, 0.717) is 24.8 Å². The van der Waals surface area contributed by atoms with Gasteiger partial charge in [-0.05, 0) is 18.6 Å². The minimum Gasteiger partial charge on any atom is -0.465 e. The number of nitro groups is 1. The Balaban J connectivity index is 2.17. The molecule has 0 radical (unpaired) electrons. The fourth-order valence-corrected chi connectivity index (χ4v) is 2.08. The van der Waals surface area contributed by atoms with E-state index >= 15 is 0 Å². The fraction of sp³-hybridized carbons (Fsp3) is 0.462. The number of hydrogen-bond acceptors (Lipinski definition) is 6. The summed E-state index contributed by atoms with van der Waals surface area (Å²) in [5.41, 5.74) is 0.546. The summed E-state index contributed by atoms with van der Waals surface area (Å²) in [4.78, 5) is 22.0. The minimum atomic E-state index is -0.521. The zero-order valence-corrected chi connectivity index (χ0v) is 11.1. The molecule has 1 atom stereocenters. The molecule has 20 heavy (non-hydrogen) atoms. The molecule has 1 N–H and O–H groups in total. The van der Waals surface area contributed by atoms with Crippen molar-refractivity contribution in [1.82, 2.24) is 0 Å².